The van der Waals surface area contributed by atoms with Gasteiger partial charge in [-0.25, -0.2) is 4.39 Å². The number of halogens is 1. The van der Waals surface area contributed by atoms with Crippen molar-refractivity contribution in [2.24, 2.45) is 0 Å². The van der Waals surface area contributed by atoms with Crippen LogP contribution >= 0.6 is 0 Å². The molecule has 1 aromatic carbocycles. The molecular formula is C19H21FN2O2. The fraction of sp³-hybridized carbons (Fsp3) is 0.368. The van der Waals surface area contributed by atoms with Crippen LogP contribution in [0.2, 0.25) is 0 Å². The van der Waals surface area contributed by atoms with Crippen LogP contribution in [0.4, 0.5) is 4.39 Å². The molecule has 1 amide bonds. The first kappa shape index (κ1) is 16.6. The molecule has 0 saturated carbocycles. The molecule has 1 aliphatic heterocycles. The van der Waals surface area contributed by atoms with E-state index in [0.29, 0.717) is 37.1 Å². The van der Waals surface area contributed by atoms with E-state index < -0.39 is 0 Å². The molecule has 24 heavy (non-hydrogen) atoms. The van der Waals surface area contributed by atoms with Crippen molar-refractivity contribution in [2.75, 3.05) is 13.1 Å². The number of rotatable bonds is 3. The molecule has 0 bridgehead atoms. The highest BCUT2D eigenvalue weighted by molar-refractivity contribution is 5.94. The van der Waals surface area contributed by atoms with Gasteiger partial charge in [0.1, 0.15) is 5.82 Å². The Bertz CT molecular complexity index is 720. The summed E-state index contributed by atoms with van der Waals surface area (Å²) >= 11 is 0. The second-order valence-electron chi connectivity index (χ2n) is 6.23. The Morgan fingerprint density at radius 1 is 1.25 bits per heavy atom. The second kappa shape index (κ2) is 7.53. The molecule has 0 aliphatic carbocycles. The molecule has 0 spiro atoms. The molecule has 4 nitrogen and oxygen atoms in total. The fourth-order valence-corrected chi connectivity index (χ4v) is 3.03. The van der Waals surface area contributed by atoms with Gasteiger partial charge in [-0.15, -0.1) is 0 Å². The van der Waals surface area contributed by atoms with Gasteiger partial charge < -0.3 is 10.0 Å². The number of carbonyl (C=O) groups is 1. The summed E-state index contributed by atoms with van der Waals surface area (Å²) in [5.41, 5.74) is 1.91. The molecule has 1 fully saturated rings. The lowest BCUT2D eigenvalue weighted by Gasteiger charge is -2.20. The maximum atomic E-state index is 13.8. The van der Waals surface area contributed by atoms with E-state index in [1.165, 1.54) is 6.07 Å². The van der Waals surface area contributed by atoms with Crippen molar-refractivity contribution in [1.29, 1.82) is 0 Å². The van der Waals surface area contributed by atoms with Crippen LogP contribution in [0, 0.1) is 5.82 Å². The van der Waals surface area contributed by atoms with Gasteiger partial charge in [0.25, 0.3) is 5.91 Å². The molecular weight excluding hydrogens is 307 g/mol. The monoisotopic (exact) mass is 328 g/mol. The van der Waals surface area contributed by atoms with Crippen molar-refractivity contribution >= 4 is 5.91 Å². The average Bonchev–Trinajstić information content (AvgIpc) is 2.81. The van der Waals surface area contributed by atoms with Crippen LogP contribution in [0.3, 0.4) is 0 Å². The Hall–Kier alpha value is -2.27. The molecule has 1 N–H and O–H groups in total. The first-order chi connectivity index (χ1) is 11.6. The first-order valence-corrected chi connectivity index (χ1v) is 8.28. The number of aliphatic hydroxyl groups is 1. The third-order valence-electron chi connectivity index (χ3n) is 4.38. The maximum Gasteiger partial charge on any atom is 0.255 e. The van der Waals surface area contributed by atoms with Gasteiger partial charge in [-0.2, -0.15) is 0 Å². The highest BCUT2D eigenvalue weighted by Crippen LogP contribution is 2.17. The van der Waals surface area contributed by atoms with E-state index in [0.717, 1.165) is 18.4 Å². The number of aromatic nitrogens is 1. The minimum atomic E-state index is -0.326. The largest absolute Gasteiger partial charge is 0.393 e. The Kier molecular flexibility index (Phi) is 5.20. The van der Waals surface area contributed by atoms with Crippen LogP contribution in [-0.4, -0.2) is 40.1 Å². The SMILES string of the molecule is O=C(c1cncc(Cc2ccccc2F)c1)N1CCC[C@H](O)CC1. The summed E-state index contributed by atoms with van der Waals surface area (Å²) in [6, 6.07) is 8.40. The van der Waals surface area contributed by atoms with Crippen molar-refractivity contribution in [3.05, 3.63) is 65.2 Å². The van der Waals surface area contributed by atoms with Crippen molar-refractivity contribution in [3.8, 4) is 0 Å². The van der Waals surface area contributed by atoms with E-state index in [-0.39, 0.29) is 17.8 Å². The van der Waals surface area contributed by atoms with Crippen LogP contribution < -0.4 is 0 Å². The highest BCUT2D eigenvalue weighted by atomic mass is 19.1. The van der Waals surface area contributed by atoms with Gasteiger partial charge in [-0.3, -0.25) is 9.78 Å². The van der Waals surface area contributed by atoms with E-state index in [1.807, 2.05) is 0 Å². The smallest absolute Gasteiger partial charge is 0.255 e. The zero-order chi connectivity index (χ0) is 16.9. The molecule has 5 heteroatoms. The first-order valence-electron chi connectivity index (χ1n) is 8.28. The number of hydrogen-bond donors (Lipinski definition) is 1. The van der Waals surface area contributed by atoms with Crippen molar-refractivity contribution in [3.63, 3.8) is 0 Å². The topological polar surface area (TPSA) is 53.4 Å². The van der Waals surface area contributed by atoms with E-state index in [2.05, 4.69) is 4.98 Å². The maximum absolute atomic E-state index is 13.8. The molecule has 1 atom stereocenters. The predicted molar refractivity (Wildman–Crippen MR) is 89.2 cm³/mol. The number of benzene rings is 1. The standard InChI is InChI=1S/C19H21FN2O2/c20-18-6-2-1-4-15(18)10-14-11-16(13-21-12-14)19(24)22-8-3-5-17(23)7-9-22/h1-2,4,6,11-13,17,23H,3,5,7-10H2/t17-/m0/s1. The van der Waals surface area contributed by atoms with Gasteiger partial charge >= 0.3 is 0 Å². The number of nitrogens with zero attached hydrogens (tertiary/aromatic N) is 2. The van der Waals surface area contributed by atoms with Gasteiger partial charge in [-0.1, -0.05) is 18.2 Å². The van der Waals surface area contributed by atoms with Gasteiger partial charge in [0.15, 0.2) is 0 Å². The third-order valence-corrected chi connectivity index (χ3v) is 4.38. The summed E-state index contributed by atoms with van der Waals surface area (Å²) < 4.78 is 13.8. The third kappa shape index (κ3) is 3.97. The highest BCUT2D eigenvalue weighted by Gasteiger charge is 2.21. The van der Waals surface area contributed by atoms with Gasteiger partial charge in [0, 0.05) is 31.9 Å². The summed E-state index contributed by atoms with van der Waals surface area (Å²) in [6.45, 7) is 1.20. The molecule has 0 radical (unpaired) electrons. The number of amides is 1. The fourth-order valence-electron chi connectivity index (χ4n) is 3.03. The number of aliphatic hydroxyl groups excluding tert-OH is 1. The summed E-state index contributed by atoms with van der Waals surface area (Å²) in [7, 11) is 0. The van der Waals surface area contributed by atoms with Crippen LogP contribution in [-0.2, 0) is 6.42 Å². The van der Waals surface area contributed by atoms with Crippen molar-refractivity contribution in [1.82, 2.24) is 9.88 Å². The minimum Gasteiger partial charge on any atom is -0.393 e. The molecule has 126 valence electrons. The second-order valence-corrected chi connectivity index (χ2v) is 6.23. The van der Waals surface area contributed by atoms with Gasteiger partial charge in [-0.05, 0) is 42.5 Å². The Balaban J connectivity index is 1.75. The predicted octanol–water partition coefficient (Wildman–Crippen LogP) is 2.80. The number of pyridine rings is 1. The van der Waals surface area contributed by atoms with Crippen LogP contribution in [0.25, 0.3) is 0 Å². The molecule has 2 aromatic rings. The van der Waals surface area contributed by atoms with Crippen LogP contribution in [0.15, 0.2) is 42.7 Å². The van der Waals surface area contributed by atoms with Gasteiger partial charge in [0.2, 0.25) is 0 Å². The normalized spacial score (nSPS) is 18.2. The zero-order valence-electron chi connectivity index (χ0n) is 13.5. The lowest BCUT2D eigenvalue weighted by Crippen LogP contribution is -2.32. The quantitative estimate of drug-likeness (QED) is 0.943. The molecule has 1 saturated heterocycles. The van der Waals surface area contributed by atoms with Crippen molar-refractivity contribution < 1.29 is 14.3 Å². The zero-order valence-corrected chi connectivity index (χ0v) is 13.5. The molecule has 1 aliphatic rings. The Morgan fingerprint density at radius 3 is 2.92 bits per heavy atom. The average molecular weight is 328 g/mol. The van der Waals surface area contributed by atoms with Gasteiger partial charge in [0.05, 0.1) is 11.7 Å². The van der Waals surface area contributed by atoms with E-state index in [9.17, 15) is 14.3 Å². The van der Waals surface area contributed by atoms with E-state index in [1.54, 1.807) is 41.6 Å². The summed E-state index contributed by atoms with van der Waals surface area (Å²) in [5, 5.41) is 9.71. The van der Waals surface area contributed by atoms with Crippen molar-refractivity contribution in [2.45, 2.75) is 31.8 Å². The number of carbonyl (C=O) groups excluding carboxylic acids is 1. The number of hydrogen-bond acceptors (Lipinski definition) is 3. The molecule has 0 unspecified atom stereocenters. The number of likely N-dealkylation sites (tertiary alicyclic amines) is 1. The van der Waals surface area contributed by atoms with E-state index >= 15 is 0 Å². The van der Waals surface area contributed by atoms with Crippen LogP contribution in [0.5, 0.6) is 0 Å². The minimum absolute atomic E-state index is 0.0769. The summed E-state index contributed by atoms with van der Waals surface area (Å²) in [5.74, 6) is -0.331. The van der Waals surface area contributed by atoms with Crippen LogP contribution in [0.1, 0.15) is 40.7 Å². The Morgan fingerprint density at radius 2 is 2.08 bits per heavy atom. The summed E-state index contributed by atoms with van der Waals surface area (Å²) in [4.78, 5) is 18.6. The molecule has 1 aromatic heterocycles. The lowest BCUT2D eigenvalue weighted by atomic mass is 10.0. The lowest BCUT2D eigenvalue weighted by molar-refractivity contribution is 0.0752. The summed E-state index contributed by atoms with van der Waals surface area (Å²) in [6.07, 6.45) is 5.43. The molecule has 2 heterocycles. The Labute approximate surface area is 141 Å². The van der Waals surface area contributed by atoms with E-state index in [4.69, 9.17) is 0 Å². The molecule has 3 rings (SSSR count).